The van der Waals surface area contributed by atoms with E-state index < -0.39 is 15.9 Å². The first-order valence-corrected chi connectivity index (χ1v) is 12.8. The molecule has 0 aliphatic carbocycles. The van der Waals surface area contributed by atoms with Gasteiger partial charge >= 0.3 is 0 Å². The van der Waals surface area contributed by atoms with Crippen molar-refractivity contribution < 1.29 is 13.2 Å². The molecule has 4 rings (SSSR count). The van der Waals surface area contributed by atoms with E-state index in [1.54, 1.807) is 48.5 Å². The summed E-state index contributed by atoms with van der Waals surface area (Å²) < 4.78 is 26.8. The number of anilines is 2. The van der Waals surface area contributed by atoms with E-state index in [-0.39, 0.29) is 10.6 Å². The van der Waals surface area contributed by atoms with Crippen LogP contribution in [-0.2, 0) is 14.8 Å². The molecule has 0 radical (unpaired) electrons. The van der Waals surface area contributed by atoms with Gasteiger partial charge in [0.15, 0.2) is 0 Å². The molecular weight excluding hydrogens is 502 g/mol. The van der Waals surface area contributed by atoms with Crippen molar-refractivity contribution >= 4 is 39.1 Å². The van der Waals surface area contributed by atoms with Crippen molar-refractivity contribution in [3.05, 3.63) is 115 Å². The summed E-state index contributed by atoms with van der Waals surface area (Å²) in [5.41, 5.74) is 3.41. The third-order valence-corrected chi connectivity index (χ3v) is 7.22. The summed E-state index contributed by atoms with van der Waals surface area (Å²) in [6.45, 7) is 0. The third-order valence-electron chi connectivity index (χ3n) is 5.63. The van der Waals surface area contributed by atoms with Crippen LogP contribution in [0, 0.1) is 0 Å². The third kappa shape index (κ3) is 5.76. The minimum atomic E-state index is -3.99. The molecule has 192 valence electrons. The molecule has 0 aromatic heterocycles. The number of hydrazine groups is 2. The molecule has 0 aliphatic heterocycles. The van der Waals surface area contributed by atoms with Gasteiger partial charge in [0.2, 0.25) is 0 Å². The van der Waals surface area contributed by atoms with Crippen LogP contribution in [0.2, 0.25) is 0 Å². The van der Waals surface area contributed by atoms with Crippen LogP contribution in [0.5, 0.6) is 0 Å². The Bertz CT molecular complexity index is 1570. The predicted octanol–water partition coefficient (Wildman–Crippen LogP) is 4.30. The maximum atomic E-state index is 13.1. The number of amides is 1. The largest absolute Gasteiger partial charge is 0.305 e. The first-order valence-electron chi connectivity index (χ1n) is 11.3. The minimum Gasteiger partial charge on any atom is -0.305 e. The molecule has 4 aromatic rings. The molecule has 0 spiro atoms. The lowest BCUT2D eigenvalue weighted by atomic mass is 10.1. The summed E-state index contributed by atoms with van der Waals surface area (Å²) in [6.07, 6.45) is 2.81. The average molecular weight is 528 g/mol. The highest BCUT2D eigenvalue weighted by molar-refractivity contribution is 7.92. The molecule has 0 saturated carbocycles. The first-order chi connectivity index (χ1) is 18.3. The van der Waals surface area contributed by atoms with Crippen molar-refractivity contribution in [3.8, 4) is 11.1 Å². The standard InChI is InChI=1S/C27H25N7O3S/c28-32-31-25-8-4-5-9-26(25)33(29)27(35)19-12-20-10-15-23(16-11-20)34(30)38(36,37)24-17-13-22(14-18-24)21-6-2-1-3-7-21/h1-19H,29-30H2,(H2,28,31)/b19-12+. The summed E-state index contributed by atoms with van der Waals surface area (Å²) >= 11 is 0. The highest BCUT2D eigenvalue weighted by Gasteiger charge is 2.22. The van der Waals surface area contributed by atoms with E-state index in [0.717, 1.165) is 16.1 Å². The average Bonchev–Trinajstić information content (AvgIpc) is 2.96. The Hall–Kier alpha value is -4.84. The number of carbonyl (C=O) groups excluding carboxylic acids is 1. The number of hydrogen-bond acceptors (Lipinski definition) is 7. The number of hydrogen-bond donors (Lipinski definition) is 3. The van der Waals surface area contributed by atoms with Gasteiger partial charge in [0.05, 0.1) is 16.3 Å². The molecule has 0 heterocycles. The normalized spacial score (nSPS) is 11.6. The number of nitrogens with two attached hydrogens (primary N) is 3. The van der Waals surface area contributed by atoms with Gasteiger partial charge in [0, 0.05) is 6.08 Å². The Labute approximate surface area is 220 Å². The number of para-hydroxylation sites is 1. The van der Waals surface area contributed by atoms with Gasteiger partial charge in [-0.25, -0.2) is 21.1 Å². The van der Waals surface area contributed by atoms with E-state index >= 15 is 0 Å². The van der Waals surface area contributed by atoms with E-state index in [1.807, 2.05) is 30.3 Å². The zero-order valence-electron chi connectivity index (χ0n) is 20.1. The zero-order valence-corrected chi connectivity index (χ0v) is 20.9. The molecule has 1 amide bonds. The van der Waals surface area contributed by atoms with Gasteiger partial charge in [0.1, 0.15) is 5.69 Å². The van der Waals surface area contributed by atoms with Crippen LogP contribution in [0.4, 0.5) is 17.1 Å². The Morgan fingerprint density at radius 2 is 1.37 bits per heavy atom. The molecule has 6 N–H and O–H groups in total. The van der Waals surface area contributed by atoms with E-state index in [2.05, 4.69) is 10.3 Å². The monoisotopic (exact) mass is 527 g/mol. The number of sulfonamides is 1. The second-order valence-corrected chi connectivity index (χ2v) is 9.84. The summed E-state index contributed by atoms with van der Waals surface area (Å²) in [5, 5.41) is 7.91. The van der Waals surface area contributed by atoms with Gasteiger partial charge in [-0.3, -0.25) is 4.79 Å². The van der Waals surface area contributed by atoms with E-state index in [9.17, 15) is 13.2 Å². The molecule has 0 atom stereocenters. The lowest BCUT2D eigenvalue weighted by molar-refractivity contribution is -0.114. The van der Waals surface area contributed by atoms with E-state index in [4.69, 9.17) is 17.5 Å². The number of carbonyl (C=O) groups is 1. The molecule has 0 bridgehead atoms. The van der Waals surface area contributed by atoms with Crippen molar-refractivity contribution in [1.82, 2.24) is 0 Å². The summed E-state index contributed by atoms with van der Waals surface area (Å²) in [7, 11) is -3.99. The van der Waals surface area contributed by atoms with Gasteiger partial charge in [-0.15, -0.1) is 5.11 Å². The molecule has 0 saturated heterocycles. The highest BCUT2D eigenvalue weighted by atomic mass is 32.2. The van der Waals surface area contributed by atoms with Crippen LogP contribution in [0.3, 0.4) is 0 Å². The van der Waals surface area contributed by atoms with Gasteiger partial charge in [-0.2, -0.15) is 8.42 Å². The Morgan fingerprint density at radius 3 is 2.03 bits per heavy atom. The second-order valence-electron chi connectivity index (χ2n) is 8.03. The van der Waals surface area contributed by atoms with Crippen LogP contribution in [0.25, 0.3) is 17.2 Å². The first kappa shape index (κ1) is 26.2. The van der Waals surface area contributed by atoms with E-state index in [1.165, 1.54) is 36.4 Å². The predicted molar refractivity (Wildman–Crippen MR) is 148 cm³/mol. The van der Waals surface area contributed by atoms with Crippen LogP contribution < -0.4 is 27.0 Å². The smallest absolute Gasteiger partial charge is 0.277 e. The van der Waals surface area contributed by atoms with Crippen LogP contribution in [-0.4, -0.2) is 14.3 Å². The maximum absolute atomic E-state index is 13.1. The van der Waals surface area contributed by atoms with Crippen molar-refractivity contribution in [2.24, 2.45) is 27.9 Å². The SMILES string of the molecule is NN=Nc1ccccc1N(N)C(=O)/C=C/c1ccc(N(N)S(=O)(=O)c2ccc(-c3ccccc3)cc2)cc1. The molecular formula is C27H25N7O3S. The lowest BCUT2D eigenvalue weighted by Gasteiger charge is -2.19. The quantitative estimate of drug-likeness (QED) is 0.102. The fraction of sp³-hybridized carbons (Fsp3) is 0. The molecule has 10 nitrogen and oxygen atoms in total. The van der Waals surface area contributed by atoms with Crippen molar-refractivity contribution in [2.45, 2.75) is 4.90 Å². The molecule has 11 heteroatoms. The fourth-order valence-electron chi connectivity index (χ4n) is 3.62. The number of benzene rings is 4. The van der Waals surface area contributed by atoms with Crippen LogP contribution in [0.15, 0.2) is 124 Å². The van der Waals surface area contributed by atoms with Gasteiger partial charge in [-0.05, 0) is 59.2 Å². The summed E-state index contributed by atoms with van der Waals surface area (Å²) in [6, 6.07) is 29.1. The fourth-order valence-corrected chi connectivity index (χ4v) is 4.72. The minimum absolute atomic E-state index is 0.0618. The maximum Gasteiger partial charge on any atom is 0.277 e. The van der Waals surface area contributed by atoms with Crippen molar-refractivity contribution in [3.63, 3.8) is 0 Å². The van der Waals surface area contributed by atoms with Crippen molar-refractivity contribution in [2.75, 3.05) is 9.42 Å². The molecule has 0 aliphatic rings. The number of nitrogens with zero attached hydrogens (tertiary/aromatic N) is 4. The molecule has 0 unspecified atom stereocenters. The topological polar surface area (TPSA) is 160 Å². The highest BCUT2D eigenvalue weighted by Crippen LogP contribution is 2.27. The zero-order chi connectivity index (χ0) is 27.1. The van der Waals surface area contributed by atoms with Gasteiger partial charge in [0.25, 0.3) is 15.9 Å². The Kier molecular flexibility index (Phi) is 7.92. The van der Waals surface area contributed by atoms with E-state index in [0.29, 0.717) is 21.4 Å². The Morgan fingerprint density at radius 1 is 0.763 bits per heavy atom. The Balaban J connectivity index is 1.46. The lowest BCUT2D eigenvalue weighted by Crippen LogP contribution is -2.37. The van der Waals surface area contributed by atoms with Crippen LogP contribution in [0.1, 0.15) is 5.56 Å². The molecule has 0 fully saturated rings. The number of rotatable bonds is 8. The molecule has 38 heavy (non-hydrogen) atoms. The van der Waals surface area contributed by atoms with Crippen LogP contribution >= 0.6 is 0 Å². The summed E-state index contributed by atoms with van der Waals surface area (Å²) in [5.74, 6) is 16.5. The summed E-state index contributed by atoms with van der Waals surface area (Å²) in [4.78, 5) is 12.6. The van der Waals surface area contributed by atoms with Crippen molar-refractivity contribution in [1.29, 1.82) is 0 Å². The van der Waals surface area contributed by atoms with Gasteiger partial charge < -0.3 is 5.84 Å². The molecule has 4 aromatic carbocycles. The second kappa shape index (κ2) is 11.5. The van der Waals surface area contributed by atoms with Gasteiger partial charge in [-0.1, -0.05) is 72.0 Å².